The Balaban J connectivity index is 2.22. The van der Waals surface area contributed by atoms with Crippen molar-refractivity contribution in [2.24, 2.45) is 0 Å². The topological polar surface area (TPSA) is 38.7 Å². The van der Waals surface area contributed by atoms with Gasteiger partial charge in [-0.3, -0.25) is 0 Å². The maximum Gasteiger partial charge on any atom is 0.132 e. The van der Waals surface area contributed by atoms with E-state index in [0.717, 1.165) is 5.52 Å². The molecule has 82 valence electrons. The Kier molecular flexibility index (Phi) is 2.26. The van der Waals surface area contributed by atoms with Crippen molar-refractivity contribution in [3.63, 3.8) is 0 Å². The summed E-state index contributed by atoms with van der Waals surface area (Å²) in [4.78, 5) is 12.3. The van der Waals surface area contributed by atoms with Crippen molar-refractivity contribution in [2.45, 2.75) is 0 Å². The number of rotatable bonds is 1. The van der Waals surface area contributed by atoms with Gasteiger partial charge in [-0.2, -0.15) is 0 Å². The molecule has 0 aliphatic rings. The zero-order valence-corrected chi connectivity index (χ0v) is 8.84. The molecule has 2 heterocycles. The number of hydrogen-bond acceptors (Lipinski definition) is 3. The van der Waals surface area contributed by atoms with E-state index < -0.39 is 0 Å². The normalized spacial score (nSPS) is 10.6. The number of aromatic nitrogens is 3. The van der Waals surface area contributed by atoms with E-state index in [1.54, 1.807) is 30.5 Å². The smallest absolute Gasteiger partial charge is 0.132 e. The summed E-state index contributed by atoms with van der Waals surface area (Å²) >= 11 is 0. The third-order valence-electron chi connectivity index (χ3n) is 2.51. The van der Waals surface area contributed by atoms with Gasteiger partial charge in [0.05, 0.1) is 17.4 Å². The first-order valence-electron chi connectivity index (χ1n) is 5.16. The highest BCUT2D eigenvalue weighted by atomic mass is 19.1. The lowest BCUT2D eigenvalue weighted by Crippen LogP contribution is -1.90. The highest BCUT2D eigenvalue weighted by Gasteiger charge is 2.06. The molecule has 4 heteroatoms. The van der Waals surface area contributed by atoms with Gasteiger partial charge in [0.25, 0.3) is 0 Å². The number of nitrogens with zero attached hydrogens (tertiary/aromatic N) is 3. The Hall–Kier alpha value is -2.36. The second-order valence-electron chi connectivity index (χ2n) is 3.60. The standard InChI is InChI=1S/C13H8FN3/c14-10-4-2-1-3-9(10)11-5-6-12-13(17-11)7-15-8-16-12/h1-8H. The summed E-state index contributed by atoms with van der Waals surface area (Å²) in [6, 6.07) is 10.1. The summed E-state index contributed by atoms with van der Waals surface area (Å²) in [6.45, 7) is 0. The van der Waals surface area contributed by atoms with Crippen LogP contribution in [0.5, 0.6) is 0 Å². The number of pyridine rings is 1. The van der Waals surface area contributed by atoms with E-state index in [1.807, 2.05) is 6.07 Å². The van der Waals surface area contributed by atoms with E-state index >= 15 is 0 Å². The highest BCUT2D eigenvalue weighted by Crippen LogP contribution is 2.22. The second-order valence-corrected chi connectivity index (χ2v) is 3.60. The summed E-state index contributed by atoms with van der Waals surface area (Å²) in [5.74, 6) is -0.281. The Labute approximate surface area is 97.0 Å². The molecule has 0 atom stereocenters. The molecule has 0 N–H and O–H groups in total. The first-order chi connectivity index (χ1) is 8.34. The van der Waals surface area contributed by atoms with Gasteiger partial charge in [-0.05, 0) is 24.3 Å². The third kappa shape index (κ3) is 1.73. The number of fused-ring (bicyclic) bond motifs is 1. The average molecular weight is 225 g/mol. The van der Waals surface area contributed by atoms with Crippen LogP contribution in [0.25, 0.3) is 22.3 Å². The first-order valence-corrected chi connectivity index (χ1v) is 5.16. The molecule has 2 aromatic heterocycles. The summed E-state index contributed by atoms with van der Waals surface area (Å²) in [5.41, 5.74) is 2.48. The van der Waals surface area contributed by atoms with E-state index in [1.165, 1.54) is 12.4 Å². The number of halogens is 1. The fourth-order valence-electron chi connectivity index (χ4n) is 1.69. The van der Waals surface area contributed by atoms with Crippen LogP contribution >= 0.6 is 0 Å². The molecule has 0 spiro atoms. The van der Waals surface area contributed by atoms with Gasteiger partial charge in [-0.15, -0.1) is 0 Å². The van der Waals surface area contributed by atoms with Crippen LogP contribution in [0.2, 0.25) is 0 Å². The van der Waals surface area contributed by atoms with Gasteiger partial charge in [0.1, 0.15) is 17.7 Å². The van der Waals surface area contributed by atoms with Crippen molar-refractivity contribution in [3.8, 4) is 11.3 Å². The predicted molar refractivity (Wildman–Crippen MR) is 62.7 cm³/mol. The van der Waals surface area contributed by atoms with Gasteiger partial charge < -0.3 is 0 Å². The van der Waals surface area contributed by atoms with Gasteiger partial charge in [-0.25, -0.2) is 19.3 Å². The zero-order valence-electron chi connectivity index (χ0n) is 8.84. The van der Waals surface area contributed by atoms with Crippen LogP contribution in [0.4, 0.5) is 4.39 Å². The molecule has 0 aliphatic carbocycles. The molecule has 0 aliphatic heterocycles. The fourth-order valence-corrected chi connectivity index (χ4v) is 1.69. The van der Waals surface area contributed by atoms with Crippen LogP contribution in [0, 0.1) is 5.82 Å². The quantitative estimate of drug-likeness (QED) is 0.639. The molecule has 3 nitrogen and oxygen atoms in total. The minimum Gasteiger partial charge on any atom is -0.244 e. The lowest BCUT2D eigenvalue weighted by Gasteiger charge is -2.03. The molecule has 0 unspecified atom stereocenters. The van der Waals surface area contributed by atoms with Gasteiger partial charge >= 0.3 is 0 Å². The van der Waals surface area contributed by atoms with Crippen molar-refractivity contribution in [3.05, 3.63) is 54.7 Å². The Morgan fingerprint density at radius 2 is 1.82 bits per heavy atom. The van der Waals surface area contributed by atoms with Crippen molar-refractivity contribution in [1.82, 2.24) is 15.0 Å². The first kappa shape index (κ1) is 9.84. The SMILES string of the molecule is Fc1ccccc1-c1ccc2ncncc2n1. The maximum atomic E-state index is 13.6. The van der Waals surface area contributed by atoms with Crippen LogP contribution in [0.3, 0.4) is 0 Å². The van der Waals surface area contributed by atoms with Crippen LogP contribution in [0.15, 0.2) is 48.9 Å². The number of benzene rings is 1. The lowest BCUT2D eigenvalue weighted by atomic mass is 10.1. The van der Waals surface area contributed by atoms with Gasteiger partial charge in [0.2, 0.25) is 0 Å². The second kappa shape index (κ2) is 3.90. The van der Waals surface area contributed by atoms with Crippen molar-refractivity contribution >= 4 is 11.0 Å². The van der Waals surface area contributed by atoms with E-state index in [0.29, 0.717) is 16.8 Å². The van der Waals surface area contributed by atoms with Crippen LogP contribution < -0.4 is 0 Å². The molecule has 0 amide bonds. The third-order valence-corrected chi connectivity index (χ3v) is 2.51. The minimum absolute atomic E-state index is 0.281. The summed E-state index contributed by atoms with van der Waals surface area (Å²) < 4.78 is 13.6. The van der Waals surface area contributed by atoms with Crippen molar-refractivity contribution in [2.75, 3.05) is 0 Å². The van der Waals surface area contributed by atoms with E-state index in [2.05, 4.69) is 15.0 Å². The average Bonchev–Trinajstić information content (AvgIpc) is 2.39. The Bertz CT molecular complexity index is 682. The number of hydrogen-bond donors (Lipinski definition) is 0. The molecule has 3 rings (SSSR count). The van der Waals surface area contributed by atoms with Crippen molar-refractivity contribution < 1.29 is 4.39 Å². The van der Waals surface area contributed by atoms with Gasteiger partial charge in [-0.1, -0.05) is 12.1 Å². The highest BCUT2D eigenvalue weighted by molar-refractivity contribution is 5.76. The molecule has 17 heavy (non-hydrogen) atoms. The molecule has 0 saturated heterocycles. The largest absolute Gasteiger partial charge is 0.244 e. The van der Waals surface area contributed by atoms with Crippen LogP contribution in [-0.2, 0) is 0 Å². The van der Waals surface area contributed by atoms with Gasteiger partial charge in [0.15, 0.2) is 0 Å². The minimum atomic E-state index is -0.281. The zero-order chi connectivity index (χ0) is 11.7. The van der Waals surface area contributed by atoms with E-state index in [9.17, 15) is 4.39 Å². The predicted octanol–water partition coefficient (Wildman–Crippen LogP) is 2.83. The molecule has 1 aromatic carbocycles. The Morgan fingerprint density at radius 1 is 0.941 bits per heavy atom. The maximum absolute atomic E-state index is 13.6. The molecular weight excluding hydrogens is 217 g/mol. The molecule has 0 saturated carbocycles. The molecule has 0 radical (unpaired) electrons. The molecular formula is C13H8FN3. The Morgan fingerprint density at radius 3 is 2.71 bits per heavy atom. The molecule has 0 bridgehead atoms. The van der Waals surface area contributed by atoms with Crippen LogP contribution in [0.1, 0.15) is 0 Å². The summed E-state index contributed by atoms with van der Waals surface area (Å²) in [5, 5.41) is 0. The van der Waals surface area contributed by atoms with Crippen molar-refractivity contribution in [1.29, 1.82) is 0 Å². The summed E-state index contributed by atoms with van der Waals surface area (Å²) in [6.07, 6.45) is 3.08. The fraction of sp³-hybridized carbons (Fsp3) is 0. The molecule has 3 aromatic rings. The van der Waals surface area contributed by atoms with E-state index in [-0.39, 0.29) is 5.82 Å². The lowest BCUT2D eigenvalue weighted by molar-refractivity contribution is 0.631. The monoisotopic (exact) mass is 225 g/mol. The van der Waals surface area contributed by atoms with Gasteiger partial charge in [0, 0.05) is 5.56 Å². The summed E-state index contributed by atoms with van der Waals surface area (Å²) in [7, 11) is 0. The van der Waals surface area contributed by atoms with Crippen LogP contribution in [-0.4, -0.2) is 15.0 Å². The van der Waals surface area contributed by atoms with E-state index in [4.69, 9.17) is 0 Å². The molecule has 0 fully saturated rings.